The molecule has 0 rings (SSSR count). The van der Waals surface area contributed by atoms with Crippen LogP contribution in [0, 0.1) is 0 Å². The van der Waals surface area contributed by atoms with Crippen LogP contribution in [0.2, 0.25) is 0 Å². The van der Waals surface area contributed by atoms with E-state index in [0.29, 0.717) is 0 Å². The molecule has 0 fully saturated rings. The fourth-order valence-corrected chi connectivity index (χ4v) is 0.923. The van der Waals surface area contributed by atoms with Gasteiger partial charge in [0.25, 0.3) is 5.97 Å². The van der Waals surface area contributed by atoms with Crippen LogP contribution in [0.3, 0.4) is 0 Å². The Morgan fingerprint density at radius 3 is 1.19 bits per heavy atom. The van der Waals surface area contributed by atoms with Gasteiger partial charge >= 0.3 is 53.4 Å². The van der Waals surface area contributed by atoms with Crippen LogP contribution < -0.4 is 34.7 Å². The summed E-state index contributed by atoms with van der Waals surface area (Å²) in [5.41, 5.74) is -2.74. The Labute approximate surface area is 168 Å². The van der Waals surface area contributed by atoms with Gasteiger partial charge in [-0.05, 0) is 6.42 Å². The van der Waals surface area contributed by atoms with Gasteiger partial charge in [-0.3, -0.25) is 19.2 Å². The van der Waals surface area contributed by atoms with Gasteiger partial charge in [0.05, 0.1) is 19.3 Å². The zero-order valence-corrected chi connectivity index (χ0v) is 15.9. The Kier molecular flexibility index (Phi) is 19.7. The van der Waals surface area contributed by atoms with Crippen molar-refractivity contribution in [2.24, 2.45) is 0 Å². The molecule has 0 saturated heterocycles. The van der Waals surface area contributed by atoms with Crippen LogP contribution in [0.1, 0.15) is 32.6 Å². The number of rotatable bonds is 8. The first-order valence-corrected chi connectivity index (χ1v) is 6.14. The molecule has 0 heterocycles. The molecule has 0 aliphatic heterocycles. The third-order valence-electron chi connectivity index (χ3n) is 1.83. The normalized spacial score (nSPS) is 9.00. The minimum atomic E-state index is -2.74. The molecule has 13 nitrogen and oxygen atoms in total. The number of aliphatic hydroxyl groups is 1. The van der Waals surface area contributed by atoms with Crippen molar-refractivity contribution in [2.75, 3.05) is 0 Å². The smallest absolute Gasteiger partial charge is 0.550 e. The minimum absolute atomic E-state index is 0. The van der Waals surface area contributed by atoms with E-state index in [4.69, 9.17) is 35.4 Å². The van der Waals surface area contributed by atoms with Gasteiger partial charge in [0.1, 0.15) is 0 Å². The van der Waals surface area contributed by atoms with E-state index in [-0.39, 0.29) is 36.0 Å². The number of hydrogen-bond acceptors (Lipinski definition) is 8. The zero-order valence-electron chi connectivity index (χ0n) is 13.9. The third-order valence-corrected chi connectivity index (χ3v) is 1.83. The summed E-state index contributed by atoms with van der Waals surface area (Å²) in [5, 5.41) is 58.6. The van der Waals surface area contributed by atoms with Crippen LogP contribution >= 0.6 is 0 Å². The van der Waals surface area contributed by atoms with Crippen molar-refractivity contribution >= 4 is 35.8 Å². The molecular formula is C12H17NaO13. The van der Waals surface area contributed by atoms with E-state index in [1.54, 1.807) is 0 Å². The Morgan fingerprint density at radius 2 is 1.08 bits per heavy atom. The maximum Gasteiger partial charge on any atom is 1.00 e. The van der Waals surface area contributed by atoms with Gasteiger partial charge in [0.2, 0.25) is 0 Å². The average Bonchev–Trinajstić information content (AvgIpc) is 2.34. The average molecular weight is 392 g/mol. The predicted molar refractivity (Wildman–Crippen MR) is 72.3 cm³/mol. The Hall–Kier alpha value is -2.22. The van der Waals surface area contributed by atoms with E-state index in [2.05, 4.69) is 0 Å². The maximum absolute atomic E-state index is 10.3. The van der Waals surface area contributed by atoms with E-state index < -0.39 is 60.7 Å². The SMILES string of the molecule is CC(=O)O.O=C(O)CC(O)(CC(=O)O)C(=O)O.O=C([O-])CCC(=O)O.[Na+]. The van der Waals surface area contributed by atoms with Gasteiger partial charge in [-0.25, -0.2) is 4.79 Å². The monoisotopic (exact) mass is 392 g/mol. The number of carbonyl (C=O) groups excluding carboxylic acids is 1. The van der Waals surface area contributed by atoms with E-state index in [1.165, 1.54) is 0 Å². The Bertz CT molecular complexity index is 479. The summed E-state index contributed by atoms with van der Waals surface area (Å²) in [6, 6.07) is 0. The molecule has 0 amide bonds. The fraction of sp³-hybridized carbons (Fsp3) is 0.500. The number of aliphatic carboxylic acids is 6. The first-order chi connectivity index (χ1) is 11.1. The summed E-state index contributed by atoms with van der Waals surface area (Å²) in [6.45, 7) is 1.08. The van der Waals surface area contributed by atoms with Gasteiger partial charge in [-0.2, -0.15) is 0 Å². The van der Waals surface area contributed by atoms with E-state index in [0.717, 1.165) is 6.92 Å². The van der Waals surface area contributed by atoms with E-state index in [1.807, 2.05) is 0 Å². The van der Waals surface area contributed by atoms with E-state index >= 15 is 0 Å². The van der Waals surface area contributed by atoms with Crippen LogP contribution in [0.4, 0.5) is 0 Å². The van der Waals surface area contributed by atoms with Crippen LogP contribution in [0.15, 0.2) is 0 Å². The van der Waals surface area contributed by atoms with Crippen molar-refractivity contribution in [3.05, 3.63) is 0 Å². The molecule has 0 atom stereocenters. The van der Waals surface area contributed by atoms with Crippen LogP contribution in [-0.4, -0.2) is 72.1 Å². The molecule has 0 aliphatic rings. The van der Waals surface area contributed by atoms with Crippen molar-refractivity contribution in [3.8, 4) is 0 Å². The molecule has 0 radical (unpaired) electrons. The van der Waals surface area contributed by atoms with Gasteiger partial charge in [0.15, 0.2) is 5.60 Å². The number of carbonyl (C=O) groups is 6. The predicted octanol–water partition coefficient (Wildman–Crippen LogP) is -5.55. The van der Waals surface area contributed by atoms with Crippen molar-refractivity contribution in [2.45, 2.75) is 38.2 Å². The summed E-state index contributed by atoms with van der Waals surface area (Å²) >= 11 is 0. The summed E-state index contributed by atoms with van der Waals surface area (Å²) in [6.07, 6.45) is -3.05. The molecule has 0 spiro atoms. The third kappa shape index (κ3) is 26.7. The van der Waals surface area contributed by atoms with Crippen LogP contribution in [-0.2, 0) is 28.8 Å². The molecule has 0 aromatic rings. The molecule has 0 aromatic heterocycles. The largest absolute Gasteiger partial charge is 1.00 e. The van der Waals surface area contributed by atoms with Gasteiger partial charge in [-0.15, -0.1) is 0 Å². The number of carboxylic acids is 6. The van der Waals surface area contributed by atoms with Crippen molar-refractivity contribution in [1.82, 2.24) is 0 Å². The second-order valence-corrected chi connectivity index (χ2v) is 4.26. The standard InChI is InChI=1S/C6H8O7.C4H6O4.C2H4O2.Na/c7-3(8)1-6(13,5(11)12)2-4(9)10;5-3(6)1-2-4(7)8;1-2(3)4;/h13H,1-2H2,(H,7,8)(H,9,10)(H,11,12);1-2H2,(H,5,6)(H,7,8);1H3,(H,3,4);/q;;;+1/p-1. The van der Waals surface area contributed by atoms with Crippen LogP contribution in [0.5, 0.6) is 0 Å². The fourth-order valence-electron chi connectivity index (χ4n) is 0.923. The first-order valence-electron chi connectivity index (χ1n) is 6.14. The van der Waals surface area contributed by atoms with Crippen molar-refractivity contribution in [3.63, 3.8) is 0 Å². The second kappa shape index (κ2) is 16.3. The summed E-state index contributed by atoms with van der Waals surface area (Å²) in [4.78, 5) is 58.6. The number of carboxylic acid groups (broad SMARTS) is 6. The molecule has 0 aliphatic carbocycles. The second-order valence-electron chi connectivity index (χ2n) is 4.26. The van der Waals surface area contributed by atoms with Crippen molar-refractivity contribution in [1.29, 1.82) is 0 Å². The Balaban J connectivity index is -0.000000159. The molecule has 0 saturated carbocycles. The van der Waals surface area contributed by atoms with Gasteiger partial charge in [-0.1, -0.05) is 0 Å². The molecule has 14 heteroatoms. The molecule has 0 unspecified atom stereocenters. The molecule has 6 N–H and O–H groups in total. The molecule has 144 valence electrons. The Morgan fingerprint density at radius 1 is 0.769 bits per heavy atom. The van der Waals surface area contributed by atoms with Gasteiger partial charge < -0.3 is 40.5 Å². The summed E-state index contributed by atoms with van der Waals surface area (Å²) in [5.74, 6) is -8.30. The van der Waals surface area contributed by atoms with Crippen LogP contribution in [0.25, 0.3) is 0 Å². The first kappa shape index (κ1) is 31.5. The molecule has 0 aromatic carbocycles. The summed E-state index contributed by atoms with van der Waals surface area (Å²) in [7, 11) is 0. The van der Waals surface area contributed by atoms with E-state index in [9.17, 15) is 29.1 Å². The minimum Gasteiger partial charge on any atom is -0.550 e. The summed E-state index contributed by atoms with van der Waals surface area (Å²) < 4.78 is 0. The molecular weight excluding hydrogens is 375 g/mol. The molecule has 26 heavy (non-hydrogen) atoms. The maximum atomic E-state index is 10.3. The quantitative estimate of drug-likeness (QED) is 0.211. The van der Waals surface area contributed by atoms with Gasteiger partial charge in [0, 0.05) is 12.9 Å². The molecule has 0 bridgehead atoms. The topological polar surface area (TPSA) is 247 Å². The van der Waals surface area contributed by atoms with Crippen molar-refractivity contribution < 1.29 is 94.1 Å². The number of hydrogen-bond donors (Lipinski definition) is 6. The zero-order chi connectivity index (χ0) is 20.8.